The Kier molecular flexibility index (Phi) is 4.40. The zero-order valence-electron chi connectivity index (χ0n) is 12.3. The van der Waals surface area contributed by atoms with Crippen LogP contribution in [0.3, 0.4) is 0 Å². The number of piperidine rings is 1. The van der Waals surface area contributed by atoms with Gasteiger partial charge in [0.25, 0.3) is 0 Å². The van der Waals surface area contributed by atoms with Crippen molar-refractivity contribution in [1.82, 2.24) is 20.3 Å². The molecule has 2 aromatic rings. The number of rotatable bonds is 4. The van der Waals surface area contributed by atoms with Gasteiger partial charge in [0.05, 0.1) is 0 Å². The fraction of sp³-hybridized carbons (Fsp3) is 0.438. The van der Waals surface area contributed by atoms with Crippen LogP contribution < -0.4 is 10.6 Å². The second-order valence-corrected chi connectivity index (χ2v) is 5.55. The molecule has 0 aromatic carbocycles. The standard InChI is InChI=1S/C16H21N5/c1-12-8-15(19-10-13-4-2-6-17-9-13)21-16(20-12)14-5-3-7-18-11-14/h3,5,7-8,11,13,17H,2,4,6,9-10H2,1H3,(H,19,20,21). The van der Waals surface area contributed by atoms with E-state index >= 15 is 0 Å². The van der Waals surface area contributed by atoms with Gasteiger partial charge >= 0.3 is 0 Å². The van der Waals surface area contributed by atoms with E-state index in [4.69, 9.17) is 0 Å². The molecule has 0 radical (unpaired) electrons. The Bertz CT molecular complexity index is 578. The predicted octanol–water partition coefficient (Wildman–Crippen LogP) is 2.26. The van der Waals surface area contributed by atoms with Crippen molar-refractivity contribution < 1.29 is 0 Å². The summed E-state index contributed by atoms with van der Waals surface area (Å²) in [5, 5.41) is 6.89. The first-order chi connectivity index (χ1) is 10.3. The largest absolute Gasteiger partial charge is 0.370 e. The Hall–Kier alpha value is -2.01. The van der Waals surface area contributed by atoms with Crippen LogP contribution in [-0.2, 0) is 0 Å². The summed E-state index contributed by atoms with van der Waals surface area (Å²) in [5.74, 6) is 2.30. The van der Waals surface area contributed by atoms with Crippen molar-refractivity contribution in [3.8, 4) is 11.4 Å². The number of hydrogen-bond acceptors (Lipinski definition) is 5. The Morgan fingerprint density at radius 2 is 2.33 bits per heavy atom. The van der Waals surface area contributed by atoms with Crippen molar-refractivity contribution in [1.29, 1.82) is 0 Å². The molecule has 0 aliphatic carbocycles. The quantitative estimate of drug-likeness (QED) is 0.901. The zero-order valence-corrected chi connectivity index (χ0v) is 12.3. The molecule has 2 aromatic heterocycles. The fourth-order valence-electron chi connectivity index (χ4n) is 2.63. The summed E-state index contributed by atoms with van der Waals surface area (Å²) in [7, 11) is 0. The summed E-state index contributed by atoms with van der Waals surface area (Å²) in [6.45, 7) is 5.19. The second kappa shape index (κ2) is 6.63. The van der Waals surface area contributed by atoms with Crippen LogP contribution in [0.5, 0.6) is 0 Å². The smallest absolute Gasteiger partial charge is 0.163 e. The van der Waals surface area contributed by atoms with Crippen LogP contribution in [0, 0.1) is 12.8 Å². The Morgan fingerprint density at radius 3 is 3.10 bits per heavy atom. The van der Waals surface area contributed by atoms with Gasteiger partial charge in [-0.15, -0.1) is 0 Å². The van der Waals surface area contributed by atoms with E-state index in [1.807, 2.05) is 25.1 Å². The average molecular weight is 283 g/mol. The minimum Gasteiger partial charge on any atom is -0.370 e. The van der Waals surface area contributed by atoms with Crippen molar-refractivity contribution in [3.05, 3.63) is 36.3 Å². The molecule has 0 saturated carbocycles. The molecule has 1 atom stereocenters. The lowest BCUT2D eigenvalue weighted by Gasteiger charge is -2.23. The van der Waals surface area contributed by atoms with Gasteiger partial charge in [-0.2, -0.15) is 0 Å². The highest BCUT2D eigenvalue weighted by molar-refractivity contribution is 5.56. The van der Waals surface area contributed by atoms with E-state index in [-0.39, 0.29) is 0 Å². The lowest BCUT2D eigenvalue weighted by atomic mass is 10.00. The Morgan fingerprint density at radius 1 is 1.38 bits per heavy atom. The number of aromatic nitrogens is 3. The number of pyridine rings is 1. The molecule has 5 heteroatoms. The van der Waals surface area contributed by atoms with Crippen molar-refractivity contribution in [2.45, 2.75) is 19.8 Å². The van der Waals surface area contributed by atoms with E-state index in [0.717, 1.165) is 42.5 Å². The van der Waals surface area contributed by atoms with Crippen LogP contribution in [0.1, 0.15) is 18.5 Å². The maximum Gasteiger partial charge on any atom is 0.163 e. The highest BCUT2D eigenvalue weighted by Gasteiger charge is 2.13. The van der Waals surface area contributed by atoms with Crippen molar-refractivity contribution >= 4 is 5.82 Å². The highest BCUT2D eigenvalue weighted by atomic mass is 15.0. The van der Waals surface area contributed by atoms with Crippen LogP contribution in [0.25, 0.3) is 11.4 Å². The molecule has 0 amide bonds. The summed E-state index contributed by atoms with van der Waals surface area (Å²) in [6, 6.07) is 5.88. The fourth-order valence-corrected chi connectivity index (χ4v) is 2.63. The van der Waals surface area contributed by atoms with Crippen LogP contribution in [0.4, 0.5) is 5.82 Å². The van der Waals surface area contributed by atoms with Gasteiger partial charge in [0.2, 0.25) is 0 Å². The molecular weight excluding hydrogens is 262 g/mol. The molecule has 5 nitrogen and oxygen atoms in total. The first-order valence-electron chi connectivity index (χ1n) is 7.52. The Labute approximate surface area is 125 Å². The first kappa shape index (κ1) is 13.9. The molecule has 2 N–H and O–H groups in total. The van der Waals surface area contributed by atoms with E-state index < -0.39 is 0 Å². The van der Waals surface area contributed by atoms with Gasteiger partial charge in [0, 0.05) is 36.3 Å². The third kappa shape index (κ3) is 3.76. The van der Waals surface area contributed by atoms with Crippen molar-refractivity contribution in [2.24, 2.45) is 5.92 Å². The number of nitrogens with zero attached hydrogens (tertiary/aromatic N) is 3. The van der Waals surface area contributed by atoms with Crippen LogP contribution in [0.15, 0.2) is 30.6 Å². The first-order valence-corrected chi connectivity index (χ1v) is 7.52. The molecule has 1 aliphatic heterocycles. The van der Waals surface area contributed by atoms with E-state index in [2.05, 4.69) is 25.6 Å². The van der Waals surface area contributed by atoms with Crippen LogP contribution in [0.2, 0.25) is 0 Å². The topological polar surface area (TPSA) is 62.7 Å². The van der Waals surface area contributed by atoms with Gasteiger partial charge in [0.1, 0.15) is 5.82 Å². The lowest BCUT2D eigenvalue weighted by Crippen LogP contribution is -2.33. The summed E-state index contributed by atoms with van der Waals surface area (Å²) in [5.41, 5.74) is 1.91. The monoisotopic (exact) mass is 283 g/mol. The Balaban J connectivity index is 1.72. The van der Waals surface area contributed by atoms with Crippen LogP contribution in [-0.4, -0.2) is 34.6 Å². The van der Waals surface area contributed by atoms with Gasteiger partial charge < -0.3 is 10.6 Å². The maximum atomic E-state index is 4.61. The third-order valence-corrected chi connectivity index (χ3v) is 3.74. The maximum absolute atomic E-state index is 4.61. The molecule has 1 saturated heterocycles. The number of hydrogen-bond donors (Lipinski definition) is 2. The van der Waals surface area contributed by atoms with Gasteiger partial charge in [-0.3, -0.25) is 4.98 Å². The van der Waals surface area contributed by atoms with Gasteiger partial charge in [-0.25, -0.2) is 9.97 Å². The molecule has 1 aliphatic rings. The molecule has 110 valence electrons. The van der Waals surface area contributed by atoms with E-state index in [1.54, 1.807) is 12.4 Å². The molecule has 1 fully saturated rings. The van der Waals surface area contributed by atoms with Crippen LogP contribution >= 0.6 is 0 Å². The zero-order chi connectivity index (χ0) is 14.5. The summed E-state index contributed by atoms with van der Waals surface area (Å²) < 4.78 is 0. The number of aryl methyl sites for hydroxylation is 1. The molecule has 1 unspecified atom stereocenters. The number of nitrogens with one attached hydrogen (secondary N) is 2. The van der Waals surface area contributed by atoms with Gasteiger partial charge in [0.15, 0.2) is 5.82 Å². The molecule has 0 spiro atoms. The minimum absolute atomic E-state index is 0.677. The molecule has 21 heavy (non-hydrogen) atoms. The highest BCUT2D eigenvalue weighted by Crippen LogP contribution is 2.17. The predicted molar refractivity (Wildman–Crippen MR) is 84.1 cm³/mol. The molecule has 3 rings (SSSR count). The summed E-state index contributed by atoms with van der Waals surface area (Å²) in [6.07, 6.45) is 6.09. The van der Waals surface area contributed by atoms with E-state index in [9.17, 15) is 0 Å². The summed E-state index contributed by atoms with van der Waals surface area (Å²) >= 11 is 0. The van der Waals surface area contributed by atoms with E-state index in [1.165, 1.54) is 12.8 Å². The minimum atomic E-state index is 0.677. The lowest BCUT2D eigenvalue weighted by molar-refractivity contribution is 0.392. The third-order valence-electron chi connectivity index (χ3n) is 3.74. The second-order valence-electron chi connectivity index (χ2n) is 5.55. The molecule has 0 bridgehead atoms. The van der Waals surface area contributed by atoms with Crippen molar-refractivity contribution in [2.75, 3.05) is 25.0 Å². The summed E-state index contributed by atoms with van der Waals surface area (Å²) in [4.78, 5) is 13.2. The van der Waals surface area contributed by atoms with Gasteiger partial charge in [-0.1, -0.05) is 0 Å². The average Bonchev–Trinajstić information content (AvgIpc) is 2.54. The number of anilines is 1. The van der Waals surface area contributed by atoms with E-state index in [0.29, 0.717) is 5.92 Å². The van der Waals surface area contributed by atoms with Crippen molar-refractivity contribution in [3.63, 3.8) is 0 Å². The molecular formula is C16H21N5. The molecule has 3 heterocycles. The van der Waals surface area contributed by atoms with Gasteiger partial charge in [-0.05, 0) is 50.9 Å². The normalized spacial score (nSPS) is 18.4. The SMILES string of the molecule is Cc1cc(NCC2CCCNC2)nc(-c2cccnc2)n1.